The molecule has 1 aliphatic heterocycles. The number of hydrogen-bond donors (Lipinski definition) is 0. The number of rotatable bonds is 3. The molecule has 1 heterocycles. The molecule has 0 fully saturated rings. The van der Waals surface area contributed by atoms with Crippen molar-refractivity contribution in [2.75, 3.05) is 0 Å². The number of nitrogens with zero attached hydrogens (tertiary/aromatic N) is 2. The van der Waals surface area contributed by atoms with Crippen LogP contribution < -0.4 is 0 Å². The summed E-state index contributed by atoms with van der Waals surface area (Å²) in [7, 11) is 0. The first kappa shape index (κ1) is 14.4. The molecule has 0 radical (unpaired) electrons. The lowest BCUT2D eigenvalue weighted by atomic mass is 10.1. The van der Waals surface area contributed by atoms with Crippen LogP contribution in [0.4, 0.5) is 5.69 Å². The van der Waals surface area contributed by atoms with Crippen molar-refractivity contribution < 1.29 is 24.1 Å². The largest absolute Gasteiger partial charge is 0.363 e. The highest BCUT2D eigenvalue weighted by Gasteiger charge is 2.38. The van der Waals surface area contributed by atoms with E-state index in [4.69, 9.17) is 4.84 Å². The third-order valence-corrected chi connectivity index (χ3v) is 3.24. The fourth-order valence-corrected chi connectivity index (χ4v) is 2.10. The highest BCUT2D eigenvalue weighted by Crippen LogP contribution is 2.23. The number of amides is 2. The lowest BCUT2D eigenvalue weighted by molar-refractivity contribution is -0.384. The molecule has 0 aromatic heterocycles. The number of hydroxylamine groups is 2. The van der Waals surface area contributed by atoms with E-state index < -0.39 is 22.7 Å². The number of non-ortho nitro benzene ring substituents is 1. The molecule has 3 rings (SSSR count). The van der Waals surface area contributed by atoms with Crippen LogP contribution in [-0.2, 0) is 4.84 Å². The quantitative estimate of drug-likeness (QED) is 0.487. The first-order valence-electron chi connectivity index (χ1n) is 6.43. The summed E-state index contributed by atoms with van der Waals surface area (Å²) in [6.07, 6.45) is 0. The van der Waals surface area contributed by atoms with Gasteiger partial charge in [-0.2, -0.15) is 0 Å². The van der Waals surface area contributed by atoms with E-state index in [2.05, 4.69) is 0 Å². The van der Waals surface area contributed by atoms with Gasteiger partial charge in [-0.1, -0.05) is 17.2 Å². The molecule has 2 amide bonds. The van der Waals surface area contributed by atoms with Crippen LogP contribution in [0, 0.1) is 10.1 Å². The second-order valence-electron chi connectivity index (χ2n) is 4.63. The van der Waals surface area contributed by atoms with E-state index in [1.807, 2.05) is 0 Å². The van der Waals surface area contributed by atoms with Crippen LogP contribution in [-0.4, -0.2) is 27.8 Å². The molecule has 0 saturated heterocycles. The van der Waals surface area contributed by atoms with Gasteiger partial charge >= 0.3 is 5.97 Å². The van der Waals surface area contributed by atoms with E-state index in [1.54, 1.807) is 12.1 Å². The first-order valence-corrected chi connectivity index (χ1v) is 6.43. The van der Waals surface area contributed by atoms with Gasteiger partial charge in [-0.15, -0.1) is 0 Å². The van der Waals surface area contributed by atoms with Crippen LogP contribution in [0.3, 0.4) is 0 Å². The minimum Gasteiger partial charge on any atom is -0.324 e. The molecular formula is C15H8N2O6. The summed E-state index contributed by atoms with van der Waals surface area (Å²) in [5.74, 6) is -2.43. The van der Waals surface area contributed by atoms with Crippen molar-refractivity contribution >= 4 is 23.5 Å². The first-order chi connectivity index (χ1) is 11.0. The maximum atomic E-state index is 12.1. The molecule has 0 N–H and O–H groups in total. The van der Waals surface area contributed by atoms with E-state index >= 15 is 0 Å². The van der Waals surface area contributed by atoms with Gasteiger partial charge in [0.1, 0.15) is 0 Å². The van der Waals surface area contributed by atoms with E-state index in [-0.39, 0.29) is 22.4 Å². The van der Waals surface area contributed by atoms with E-state index in [0.717, 1.165) is 12.1 Å². The molecule has 0 unspecified atom stereocenters. The number of fused-ring (bicyclic) bond motifs is 1. The molecule has 0 spiro atoms. The van der Waals surface area contributed by atoms with Crippen LogP contribution in [0.15, 0.2) is 48.5 Å². The highest BCUT2D eigenvalue weighted by atomic mass is 16.7. The predicted molar refractivity (Wildman–Crippen MR) is 75.5 cm³/mol. The number of nitro benzene ring substituents is 1. The van der Waals surface area contributed by atoms with Gasteiger partial charge in [0.15, 0.2) is 0 Å². The lowest BCUT2D eigenvalue weighted by Crippen LogP contribution is -2.32. The molecule has 1 aliphatic rings. The third-order valence-electron chi connectivity index (χ3n) is 3.24. The average Bonchev–Trinajstić information content (AvgIpc) is 2.80. The Bertz CT molecular complexity index is 808. The number of imide groups is 1. The monoisotopic (exact) mass is 312 g/mol. The second-order valence-corrected chi connectivity index (χ2v) is 4.63. The van der Waals surface area contributed by atoms with Crippen LogP contribution >= 0.6 is 0 Å². The number of hydrogen-bond acceptors (Lipinski definition) is 6. The Morgan fingerprint density at radius 1 is 0.957 bits per heavy atom. The molecule has 23 heavy (non-hydrogen) atoms. The third kappa shape index (κ3) is 2.42. The van der Waals surface area contributed by atoms with Crippen LogP contribution in [0.1, 0.15) is 31.1 Å². The fraction of sp³-hybridized carbons (Fsp3) is 0. The zero-order valence-electron chi connectivity index (χ0n) is 11.5. The summed E-state index contributed by atoms with van der Waals surface area (Å²) < 4.78 is 0. The molecule has 0 saturated carbocycles. The number of benzene rings is 2. The minimum atomic E-state index is -0.964. The Morgan fingerprint density at radius 3 is 1.96 bits per heavy atom. The molecule has 8 nitrogen and oxygen atoms in total. The minimum absolute atomic E-state index is 0.0212. The van der Waals surface area contributed by atoms with Crippen molar-refractivity contribution in [2.45, 2.75) is 0 Å². The van der Waals surface area contributed by atoms with Crippen molar-refractivity contribution in [3.63, 3.8) is 0 Å². The van der Waals surface area contributed by atoms with Gasteiger partial charge in [-0.3, -0.25) is 19.7 Å². The Labute approximate surface area is 129 Å². The van der Waals surface area contributed by atoms with E-state index in [0.29, 0.717) is 5.06 Å². The average molecular weight is 312 g/mol. The molecule has 2 aromatic rings. The Kier molecular flexibility index (Phi) is 3.34. The summed E-state index contributed by atoms with van der Waals surface area (Å²) in [6.45, 7) is 0. The molecule has 0 aliphatic carbocycles. The predicted octanol–water partition coefficient (Wildman–Crippen LogP) is 1.96. The van der Waals surface area contributed by atoms with Crippen molar-refractivity contribution in [1.82, 2.24) is 5.06 Å². The molecule has 8 heteroatoms. The number of nitro groups is 1. The number of carbonyl (C=O) groups is 3. The van der Waals surface area contributed by atoms with Crippen LogP contribution in [0.5, 0.6) is 0 Å². The molecule has 0 atom stereocenters. The van der Waals surface area contributed by atoms with E-state index in [1.165, 1.54) is 24.3 Å². The van der Waals surface area contributed by atoms with Gasteiger partial charge in [0.25, 0.3) is 17.5 Å². The topological polar surface area (TPSA) is 107 Å². The molecule has 2 aromatic carbocycles. The zero-order chi connectivity index (χ0) is 16.6. The van der Waals surface area contributed by atoms with Gasteiger partial charge in [-0.25, -0.2) is 4.79 Å². The Balaban J connectivity index is 1.80. The number of carbonyl (C=O) groups excluding carboxylic acids is 3. The second kappa shape index (κ2) is 5.34. The Morgan fingerprint density at radius 2 is 1.48 bits per heavy atom. The summed E-state index contributed by atoms with van der Waals surface area (Å²) in [6, 6.07) is 10.7. The SMILES string of the molecule is O=C(ON1C(=O)c2ccccc2C1=O)c1ccc([N+](=O)[O-])cc1. The van der Waals surface area contributed by atoms with Crippen molar-refractivity contribution in [1.29, 1.82) is 0 Å². The van der Waals surface area contributed by atoms with Gasteiger partial charge in [0, 0.05) is 12.1 Å². The molecular weight excluding hydrogens is 304 g/mol. The van der Waals surface area contributed by atoms with Gasteiger partial charge in [0.05, 0.1) is 21.6 Å². The van der Waals surface area contributed by atoms with Crippen LogP contribution in [0.2, 0.25) is 0 Å². The van der Waals surface area contributed by atoms with Crippen molar-refractivity contribution in [2.24, 2.45) is 0 Å². The van der Waals surface area contributed by atoms with Crippen LogP contribution in [0.25, 0.3) is 0 Å². The normalized spacial score (nSPS) is 13.0. The van der Waals surface area contributed by atoms with Crippen molar-refractivity contribution in [3.05, 3.63) is 75.3 Å². The summed E-state index contributed by atoms with van der Waals surface area (Å²) >= 11 is 0. The molecule has 114 valence electrons. The summed E-state index contributed by atoms with van der Waals surface area (Å²) in [4.78, 5) is 50.9. The Hall–Kier alpha value is -3.55. The smallest absolute Gasteiger partial charge is 0.324 e. The van der Waals surface area contributed by atoms with Gasteiger partial charge in [0.2, 0.25) is 0 Å². The van der Waals surface area contributed by atoms with Gasteiger partial charge < -0.3 is 4.84 Å². The maximum absolute atomic E-state index is 12.1. The lowest BCUT2D eigenvalue weighted by Gasteiger charge is -2.12. The summed E-state index contributed by atoms with van der Waals surface area (Å²) in [5.41, 5.74) is 0.0810. The van der Waals surface area contributed by atoms with E-state index in [9.17, 15) is 24.5 Å². The highest BCUT2D eigenvalue weighted by molar-refractivity contribution is 6.21. The zero-order valence-corrected chi connectivity index (χ0v) is 11.5. The molecule has 0 bridgehead atoms. The van der Waals surface area contributed by atoms with Crippen molar-refractivity contribution in [3.8, 4) is 0 Å². The van der Waals surface area contributed by atoms with Gasteiger partial charge in [-0.05, 0) is 24.3 Å². The standard InChI is InChI=1S/C15H8N2O6/c18-13-11-3-1-2-4-12(11)14(19)16(13)23-15(20)9-5-7-10(8-6-9)17(21)22/h1-8H. The summed E-state index contributed by atoms with van der Waals surface area (Å²) in [5, 5.41) is 10.9. The fourth-order valence-electron chi connectivity index (χ4n) is 2.10. The maximum Gasteiger partial charge on any atom is 0.363 e.